The molecule has 0 aromatic carbocycles. The highest BCUT2D eigenvalue weighted by molar-refractivity contribution is 5.71. The molecule has 0 amide bonds. The van der Waals surface area contributed by atoms with Gasteiger partial charge in [0.25, 0.3) is 0 Å². The Kier molecular flexibility index (Phi) is 53.0. The topological polar surface area (TPSA) is 78.9 Å². The first-order valence-corrected chi connectivity index (χ1v) is 28.0. The van der Waals surface area contributed by atoms with E-state index in [1.165, 1.54) is 44.9 Å². The fourth-order valence-electron chi connectivity index (χ4n) is 7.32. The van der Waals surface area contributed by atoms with Crippen LogP contribution in [0.1, 0.15) is 239 Å². The molecular weight excluding hydrogens is 853 g/mol. The molecule has 0 bridgehead atoms. The molecule has 0 heterocycles. The van der Waals surface area contributed by atoms with Crippen LogP contribution >= 0.6 is 0 Å². The minimum Gasteiger partial charge on any atom is -0.462 e. The highest BCUT2D eigenvalue weighted by Gasteiger charge is 2.19. The standard InChI is InChI=1S/C63H102O6/c1-4-7-10-13-15-17-19-21-23-24-25-26-27-28-29-30-31-32-33-34-35-36-37-38-40-41-43-45-47-50-53-56-62(65)68-59-60(58-67-61(64)55-52-49-12-9-6-3)69-63(66)57-54-51-48-46-44-42-39-22-20-18-16-14-11-8-5-2/h7-8,10-11,15-18,21-23,25-26,28-29,31-32,34-35,39,60H,4-6,9,12-14,19-20,24,27,30,33,36-38,40-59H2,1-3H3/b10-7-,11-8-,17-15-,18-16-,23-21-,26-25-,29-28-,32-31-,35-34-,39-22-. The molecule has 6 heteroatoms. The van der Waals surface area contributed by atoms with E-state index < -0.39 is 6.10 Å². The minimum atomic E-state index is -0.788. The van der Waals surface area contributed by atoms with E-state index in [-0.39, 0.29) is 31.1 Å². The van der Waals surface area contributed by atoms with Gasteiger partial charge in [-0.05, 0) is 109 Å². The Balaban J connectivity index is 4.10. The van der Waals surface area contributed by atoms with E-state index >= 15 is 0 Å². The van der Waals surface area contributed by atoms with E-state index in [9.17, 15) is 14.4 Å². The molecule has 0 radical (unpaired) electrons. The molecule has 0 aromatic rings. The summed E-state index contributed by atoms with van der Waals surface area (Å²) in [6, 6.07) is 0. The Morgan fingerprint density at radius 1 is 0.304 bits per heavy atom. The first-order chi connectivity index (χ1) is 34.0. The maximum atomic E-state index is 12.7. The first-order valence-electron chi connectivity index (χ1n) is 28.0. The van der Waals surface area contributed by atoms with Crippen molar-refractivity contribution in [2.75, 3.05) is 13.2 Å². The molecule has 0 aromatic heterocycles. The Labute approximate surface area is 424 Å². The van der Waals surface area contributed by atoms with Crippen LogP contribution in [-0.4, -0.2) is 37.2 Å². The van der Waals surface area contributed by atoms with Gasteiger partial charge < -0.3 is 14.2 Å². The van der Waals surface area contributed by atoms with E-state index in [0.717, 1.165) is 154 Å². The summed E-state index contributed by atoms with van der Waals surface area (Å²) in [7, 11) is 0. The molecule has 0 saturated heterocycles. The molecule has 1 unspecified atom stereocenters. The van der Waals surface area contributed by atoms with Crippen molar-refractivity contribution in [2.24, 2.45) is 0 Å². The van der Waals surface area contributed by atoms with E-state index in [4.69, 9.17) is 14.2 Å². The van der Waals surface area contributed by atoms with Gasteiger partial charge in [0.15, 0.2) is 6.10 Å². The molecule has 0 aliphatic heterocycles. The second-order valence-corrected chi connectivity index (χ2v) is 18.1. The van der Waals surface area contributed by atoms with Crippen molar-refractivity contribution in [3.63, 3.8) is 0 Å². The van der Waals surface area contributed by atoms with Crippen LogP contribution < -0.4 is 0 Å². The average molecular weight is 956 g/mol. The highest BCUT2D eigenvalue weighted by Crippen LogP contribution is 2.14. The van der Waals surface area contributed by atoms with Crippen LogP contribution in [0.15, 0.2) is 122 Å². The van der Waals surface area contributed by atoms with Crippen LogP contribution in [-0.2, 0) is 28.6 Å². The summed E-state index contributed by atoms with van der Waals surface area (Å²) in [5, 5.41) is 0. The van der Waals surface area contributed by atoms with Gasteiger partial charge in [-0.3, -0.25) is 14.4 Å². The van der Waals surface area contributed by atoms with Gasteiger partial charge in [0.05, 0.1) is 0 Å². The smallest absolute Gasteiger partial charge is 0.306 e. The van der Waals surface area contributed by atoms with Crippen molar-refractivity contribution in [2.45, 2.75) is 245 Å². The van der Waals surface area contributed by atoms with Crippen LogP contribution in [0.3, 0.4) is 0 Å². The third kappa shape index (κ3) is 54.6. The van der Waals surface area contributed by atoms with Crippen molar-refractivity contribution in [3.05, 3.63) is 122 Å². The maximum absolute atomic E-state index is 12.7. The van der Waals surface area contributed by atoms with Gasteiger partial charge >= 0.3 is 17.9 Å². The Morgan fingerprint density at radius 2 is 0.565 bits per heavy atom. The monoisotopic (exact) mass is 955 g/mol. The Hall–Kier alpha value is -4.19. The zero-order chi connectivity index (χ0) is 50.0. The average Bonchev–Trinajstić information content (AvgIpc) is 3.35. The summed E-state index contributed by atoms with van der Waals surface area (Å²) in [6.45, 7) is 6.30. The normalized spacial score (nSPS) is 13.0. The zero-order valence-corrected chi connectivity index (χ0v) is 44.5. The second kappa shape index (κ2) is 56.4. The molecule has 0 aliphatic rings. The summed E-state index contributed by atoms with van der Waals surface area (Å²) >= 11 is 0. The molecule has 0 spiro atoms. The summed E-state index contributed by atoms with van der Waals surface area (Å²) in [4.78, 5) is 37.7. The third-order valence-corrected chi connectivity index (χ3v) is 11.5. The van der Waals surface area contributed by atoms with Gasteiger partial charge in [0.1, 0.15) is 13.2 Å². The van der Waals surface area contributed by atoms with Crippen molar-refractivity contribution in [3.8, 4) is 0 Å². The molecule has 0 fully saturated rings. The Bertz CT molecular complexity index is 1470. The van der Waals surface area contributed by atoms with Gasteiger partial charge in [-0.2, -0.15) is 0 Å². The molecule has 0 rings (SSSR count). The van der Waals surface area contributed by atoms with E-state index in [2.05, 4.69) is 142 Å². The number of ether oxygens (including phenoxy) is 3. The molecule has 390 valence electrons. The number of carbonyl (C=O) groups excluding carboxylic acids is 3. The minimum absolute atomic E-state index is 0.0895. The molecular formula is C63H102O6. The number of hydrogen-bond donors (Lipinski definition) is 0. The van der Waals surface area contributed by atoms with Gasteiger partial charge in [0, 0.05) is 19.3 Å². The first kappa shape index (κ1) is 64.8. The quantitative estimate of drug-likeness (QED) is 0.0262. The lowest BCUT2D eigenvalue weighted by Gasteiger charge is -2.18. The van der Waals surface area contributed by atoms with Crippen molar-refractivity contribution in [1.82, 2.24) is 0 Å². The number of carbonyl (C=O) groups is 3. The number of allylic oxidation sites excluding steroid dienone is 20. The number of unbranched alkanes of at least 4 members (excludes halogenated alkanes) is 18. The summed E-state index contributed by atoms with van der Waals surface area (Å²) < 4.78 is 16.7. The van der Waals surface area contributed by atoms with Gasteiger partial charge in [-0.15, -0.1) is 0 Å². The predicted octanol–water partition coefficient (Wildman–Crippen LogP) is 18.9. The summed E-state index contributed by atoms with van der Waals surface area (Å²) in [6.07, 6.45) is 78.1. The van der Waals surface area contributed by atoms with Gasteiger partial charge in [-0.25, -0.2) is 0 Å². The van der Waals surface area contributed by atoms with Crippen LogP contribution in [0.25, 0.3) is 0 Å². The SMILES string of the molecule is CC/C=C\C/C=C\C/C=C\C/C=C\C/C=C\C/C=C\C/C=C\CCCCCCCCCCCC(=O)OCC(COC(=O)CCCCCCC)OC(=O)CCCCCCC/C=C\C/C=C\C/C=C\CC. The number of hydrogen-bond acceptors (Lipinski definition) is 6. The number of esters is 3. The van der Waals surface area contributed by atoms with E-state index in [0.29, 0.717) is 19.3 Å². The lowest BCUT2D eigenvalue weighted by atomic mass is 10.1. The van der Waals surface area contributed by atoms with Crippen LogP contribution in [0.5, 0.6) is 0 Å². The summed E-state index contributed by atoms with van der Waals surface area (Å²) in [5.74, 6) is -0.932. The predicted molar refractivity (Wildman–Crippen MR) is 297 cm³/mol. The second-order valence-electron chi connectivity index (χ2n) is 18.1. The molecule has 1 atom stereocenters. The molecule has 69 heavy (non-hydrogen) atoms. The molecule has 0 aliphatic carbocycles. The maximum Gasteiger partial charge on any atom is 0.306 e. The largest absolute Gasteiger partial charge is 0.462 e. The van der Waals surface area contributed by atoms with Crippen LogP contribution in [0, 0.1) is 0 Å². The van der Waals surface area contributed by atoms with Crippen LogP contribution in [0.4, 0.5) is 0 Å². The van der Waals surface area contributed by atoms with Crippen molar-refractivity contribution in [1.29, 1.82) is 0 Å². The van der Waals surface area contributed by atoms with Crippen LogP contribution in [0.2, 0.25) is 0 Å². The fraction of sp³-hybridized carbons (Fsp3) is 0.635. The van der Waals surface area contributed by atoms with Crippen molar-refractivity contribution < 1.29 is 28.6 Å². The zero-order valence-electron chi connectivity index (χ0n) is 44.5. The third-order valence-electron chi connectivity index (χ3n) is 11.5. The van der Waals surface area contributed by atoms with E-state index in [1.54, 1.807) is 0 Å². The number of rotatable bonds is 49. The lowest BCUT2D eigenvalue weighted by Crippen LogP contribution is -2.30. The summed E-state index contributed by atoms with van der Waals surface area (Å²) in [5.41, 5.74) is 0. The van der Waals surface area contributed by atoms with E-state index in [1.807, 2.05) is 0 Å². The van der Waals surface area contributed by atoms with Gasteiger partial charge in [-0.1, -0.05) is 232 Å². The lowest BCUT2D eigenvalue weighted by molar-refractivity contribution is -0.167. The Morgan fingerprint density at radius 3 is 0.884 bits per heavy atom. The van der Waals surface area contributed by atoms with Gasteiger partial charge in [0.2, 0.25) is 0 Å². The molecule has 6 nitrogen and oxygen atoms in total. The molecule has 0 saturated carbocycles. The highest BCUT2D eigenvalue weighted by atomic mass is 16.6. The van der Waals surface area contributed by atoms with Crippen molar-refractivity contribution >= 4 is 17.9 Å². The molecule has 0 N–H and O–H groups in total. The fourth-order valence-corrected chi connectivity index (χ4v) is 7.32.